The van der Waals surface area contributed by atoms with Crippen LogP contribution in [-0.4, -0.2) is 51.1 Å². The Kier molecular flexibility index (Phi) is 5.59. The van der Waals surface area contributed by atoms with Crippen molar-refractivity contribution in [1.29, 1.82) is 0 Å². The fourth-order valence-corrected chi connectivity index (χ4v) is 3.92. The molecule has 1 N–H and O–H groups in total. The van der Waals surface area contributed by atoms with Gasteiger partial charge < -0.3 is 14.8 Å². The van der Waals surface area contributed by atoms with E-state index in [1.54, 1.807) is 24.3 Å². The fraction of sp³-hybridized carbons (Fsp3) is 0.467. The van der Waals surface area contributed by atoms with Crippen molar-refractivity contribution in [3.63, 3.8) is 0 Å². The quantitative estimate of drug-likeness (QED) is 0.759. The summed E-state index contributed by atoms with van der Waals surface area (Å²) in [5.74, 6) is -0.479. The number of carbonyl (C=O) groups excluding carboxylic acids is 2. The van der Waals surface area contributed by atoms with E-state index in [0.717, 1.165) is 0 Å². The first-order chi connectivity index (χ1) is 10.9. The van der Waals surface area contributed by atoms with Crippen LogP contribution in [0, 0.1) is 0 Å². The molecule has 7 nitrogen and oxygen atoms in total. The van der Waals surface area contributed by atoms with Gasteiger partial charge >= 0.3 is 5.97 Å². The molecule has 2 rings (SSSR count). The minimum Gasteiger partial charge on any atom is -0.494 e. The van der Waals surface area contributed by atoms with Gasteiger partial charge in [0.15, 0.2) is 16.4 Å². The summed E-state index contributed by atoms with van der Waals surface area (Å²) in [4.78, 5) is 23.5. The molecule has 0 aliphatic carbocycles. The zero-order valence-electron chi connectivity index (χ0n) is 12.8. The molecule has 0 saturated carbocycles. The van der Waals surface area contributed by atoms with E-state index in [-0.39, 0.29) is 11.5 Å². The van der Waals surface area contributed by atoms with Crippen LogP contribution in [0.15, 0.2) is 24.3 Å². The van der Waals surface area contributed by atoms with Crippen LogP contribution in [0.5, 0.6) is 5.75 Å². The zero-order chi connectivity index (χ0) is 16.9. The average molecular weight is 341 g/mol. The molecular weight excluding hydrogens is 322 g/mol. The minimum absolute atomic E-state index is 0.0639. The molecule has 0 spiro atoms. The Morgan fingerprint density at radius 3 is 2.52 bits per heavy atom. The molecule has 1 aliphatic heterocycles. The Morgan fingerprint density at radius 1 is 1.26 bits per heavy atom. The highest BCUT2D eigenvalue weighted by molar-refractivity contribution is 7.91. The Bertz CT molecular complexity index is 668. The number of hydrogen-bond donors (Lipinski definition) is 1. The summed E-state index contributed by atoms with van der Waals surface area (Å²) in [7, 11) is -3.06. The Balaban J connectivity index is 1.78. The number of nitrogens with one attached hydrogen (secondary N) is 1. The molecule has 1 fully saturated rings. The predicted molar refractivity (Wildman–Crippen MR) is 83.1 cm³/mol. The van der Waals surface area contributed by atoms with E-state index < -0.39 is 34.4 Å². The van der Waals surface area contributed by atoms with E-state index in [2.05, 4.69) is 5.32 Å². The van der Waals surface area contributed by atoms with Crippen molar-refractivity contribution in [2.75, 3.05) is 24.7 Å². The summed E-state index contributed by atoms with van der Waals surface area (Å²) in [6.45, 7) is 1.94. The van der Waals surface area contributed by atoms with Gasteiger partial charge in [-0.25, -0.2) is 13.2 Å². The molecule has 126 valence electrons. The van der Waals surface area contributed by atoms with Crippen LogP contribution in [0.2, 0.25) is 0 Å². The zero-order valence-corrected chi connectivity index (χ0v) is 13.6. The van der Waals surface area contributed by atoms with Gasteiger partial charge in [-0.1, -0.05) is 0 Å². The van der Waals surface area contributed by atoms with E-state index in [1.165, 1.54) is 0 Å². The SMILES string of the molecule is CCOc1ccc(C(=O)OCC(=O)N[C@H]2CCS(=O)(=O)C2)cc1. The minimum atomic E-state index is -3.06. The Morgan fingerprint density at radius 2 is 1.96 bits per heavy atom. The largest absolute Gasteiger partial charge is 0.494 e. The molecular formula is C15H19NO6S. The molecule has 23 heavy (non-hydrogen) atoms. The maximum Gasteiger partial charge on any atom is 0.338 e. The van der Waals surface area contributed by atoms with Crippen molar-refractivity contribution >= 4 is 21.7 Å². The smallest absolute Gasteiger partial charge is 0.338 e. The van der Waals surface area contributed by atoms with Gasteiger partial charge in [-0.3, -0.25) is 4.79 Å². The summed E-state index contributed by atoms with van der Waals surface area (Å²) < 4.78 is 32.8. The summed E-state index contributed by atoms with van der Waals surface area (Å²) in [5.41, 5.74) is 0.310. The van der Waals surface area contributed by atoms with E-state index >= 15 is 0 Å². The third-order valence-electron chi connectivity index (χ3n) is 3.33. The molecule has 0 aromatic heterocycles. The molecule has 1 aromatic carbocycles. The van der Waals surface area contributed by atoms with Gasteiger partial charge in [-0.2, -0.15) is 0 Å². The van der Waals surface area contributed by atoms with E-state index in [0.29, 0.717) is 24.3 Å². The van der Waals surface area contributed by atoms with Crippen LogP contribution in [0.1, 0.15) is 23.7 Å². The standard InChI is InChI=1S/C15H19NO6S/c1-2-21-13-5-3-11(4-6-13)15(18)22-9-14(17)16-12-7-8-23(19,20)10-12/h3-6,12H,2,7-10H2,1H3,(H,16,17)/t12-/m0/s1. The van der Waals surface area contributed by atoms with Crippen molar-refractivity contribution in [3.8, 4) is 5.75 Å². The number of rotatable bonds is 6. The van der Waals surface area contributed by atoms with Gasteiger partial charge in [0.1, 0.15) is 5.75 Å². The third kappa shape index (κ3) is 5.24. The maximum atomic E-state index is 11.8. The number of hydrogen-bond acceptors (Lipinski definition) is 6. The van der Waals surface area contributed by atoms with E-state index in [4.69, 9.17) is 9.47 Å². The molecule has 1 aliphatic rings. The van der Waals surface area contributed by atoms with Crippen LogP contribution < -0.4 is 10.1 Å². The molecule has 1 heterocycles. The van der Waals surface area contributed by atoms with Crippen molar-refractivity contribution in [1.82, 2.24) is 5.32 Å². The van der Waals surface area contributed by atoms with Gasteiger partial charge in [0.05, 0.1) is 23.7 Å². The van der Waals surface area contributed by atoms with Gasteiger partial charge in [-0.15, -0.1) is 0 Å². The van der Waals surface area contributed by atoms with E-state index in [1.807, 2.05) is 6.92 Å². The Labute approximate surface area is 134 Å². The second-order valence-electron chi connectivity index (χ2n) is 5.20. The second kappa shape index (κ2) is 7.45. The number of sulfone groups is 1. The van der Waals surface area contributed by atoms with Gasteiger partial charge in [-0.05, 0) is 37.6 Å². The van der Waals surface area contributed by atoms with Gasteiger partial charge in [0.2, 0.25) is 0 Å². The second-order valence-corrected chi connectivity index (χ2v) is 7.43. The summed E-state index contributed by atoms with van der Waals surface area (Å²) in [6.07, 6.45) is 0.390. The van der Waals surface area contributed by atoms with Crippen molar-refractivity contribution < 1.29 is 27.5 Å². The predicted octanol–water partition coefficient (Wildman–Crippen LogP) is 0.545. The molecule has 1 atom stereocenters. The lowest BCUT2D eigenvalue weighted by Gasteiger charge is -2.11. The average Bonchev–Trinajstić information content (AvgIpc) is 2.84. The Hall–Kier alpha value is -2.09. The van der Waals surface area contributed by atoms with Crippen LogP contribution >= 0.6 is 0 Å². The number of amides is 1. The lowest BCUT2D eigenvalue weighted by atomic mass is 10.2. The van der Waals surface area contributed by atoms with Gasteiger partial charge in [0.25, 0.3) is 5.91 Å². The summed E-state index contributed by atoms with van der Waals surface area (Å²) >= 11 is 0. The van der Waals surface area contributed by atoms with Crippen molar-refractivity contribution in [3.05, 3.63) is 29.8 Å². The van der Waals surface area contributed by atoms with Crippen LogP contribution in [0.25, 0.3) is 0 Å². The topological polar surface area (TPSA) is 98.8 Å². The highest BCUT2D eigenvalue weighted by atomic mass is 32.2. The number of benzene rings is 1. The lowest BCUT2D eigenvalue weighted by Crippen LogP contribution is -2.38. The van der Waals surface area contributed by atoms with Crippen LogP contribution in [-0.2, 0) is 19.4 Å². The first kappa shape index (κ1) is 17.3. The summed E-state index contributed by atoms with van der Waals surface area (Å²) in [5, 5.41) is 2.55. The molecule has 1 amide bonds. The van der Waals surface area contributed by atoms with Crippen molar-refractivity contribution in [2.24, 2.45) is 0 Å². The molecule has 0 bridgehead atoms. The van der Waals surface area contributed by atoms with E-state index in [9.17, 15) is 18.0 Å². The molecule has 0 radical (unpaired) electrons. The summed E-state index contributed by atoms with van der Waals surface area (Å²) in [6, 6.07) is 5.98. The first-order valence-corrected chi connectivity index (χ1v) is 9.11. The highest BCUT2D eigenvalue weighted by Crippen LogP contribution is 2.13. The number of esters is 1. The van der Waals surface area contributed by atoms with Crippen molar-refractivity contribution in [2.45, 2.75) is 19.4 Å². The van der Waals surface area contributed by atoms with Gasteiger partial charge in [0, 0.05) is 6.04 Å². The maximum absolute atomic E-state index is 11.8. The number of carbonyl (C=O) groups is 2. The highest BCUT2D eigenvalue weighted by Gasteiger charge is 2.29. The number of ether oxygens (including phenoxy) is 2. The normalized spacial score (nSPS) is 19.1. The first-order valence-electron chi connectivity index (χ1n) is 7.29. The third-order valence-corrected chi connectivity index (χ3v) is 5.10. The van der Waals surface area contributed by atoms with Crippen LogP contribution in [0.3, 0.4) is 0 Å². The molecule has 1 aromatic rings. The fourth-order valence-electron chi connectivity index (χ4n) is 2.25. The molecule has 1 saturated heterocycles. The monoisotopic (exact) mass is 341 g/mol. The molecule has 0 unspecified atom stereocenters. The molecule has 8 heteroatoms. The lowest BCUT2D eigenvalue weighted by molar-refractivity contribution is -0.124. The van der Waals surface area contributed by atoms with Crippen LogP contribution in [0.4, 0.5) is 0 Å².